The number of nitrogens with one attached hydrogen (secondary N) is 3. The van der Waals surface area contributed by atoms with Gasteiger partial charge in [-0.3, -0.25) is 20.3 Å². The molecule has 15 heavy (non-hydrogen) atoms. The molecule has 6 nitrogen and oxygen atoms in total. The molecule has 0 aliphatic rings. The van der Waals surface area contributed by atoms with E-state index >= 15 is 0 Å². The summed E-state index contributed by atoms with van der Waals surface area (Å²) in [6.07, 6.45) is 0. The Morgan fingerprint density at radius 3 is 2.67 bits per heavy atom. The van der Waals surface area contributed by atoms with Crippen LogP contribution in [0.1, 0.15) is 16.2 Å². The second-order valence-electron chi connectivity index (χ2n) is 2.95. The first-order valence-corrected chi connectivity index (χ1v) is 4.74. The van der Waals surface area contributed by atoms with Gasteiger partial charge in [0.05, 0.1) is 5.69 Å². The van der Waals surface area contributed by atoms with Crippen molar-refractivity contribution in [1.82, 2.24) is 25.9 Å². The van der Waals surface area contributed by atoms with Gasteiger partial charge in [-0.25, -0.2) is 0 Å². The normalized spacial score (nSPS) is 9.53. The third-order valence-corrected chi connectivity index (χ3v) is 2.06. The Morgan fingerprint density at radius 1 is 1.53 bits per heavy atom. The summed E-state index contributed by atoms with van der Waals surface area (Å²) in [6.45, 7) is 1.82. The number of rotatable bonds is 1. The van der Waals surface area contributed by atoms with Crippen molar-refractivity contribution in [3.63, 3.8) is 0 Å². The summed E-state index contributed by atoms with van der Waals surface area (Å²) in [5.74, 6) is -0.282. The molecule has 1 heterocycles. The van der Waals surface area contributed by atoms with Gasteiger partial charge < -0.3 is 5.32 Å². The Balaban J connectivity index is 2.61. The highest BCUT2D eigenvalue weighted by Gasteiger charge is 2.10. The minimum atomic E-state index is -0.282. The lowest BCUT2D eigenvalue weighted by molar-refractivity contribution is 0.0934. The van der Waals surface area contributed by atoms with Crippen LogP contribution in [-0.2, 0) is 7.05 Å². The van der Waals surface area contributed by atoms with E-state index < -0.39 is 0 Å². The maximum absolute atomic E-state index is 11.6. The Labute approximate surface area is 93.0 Å². The zero-order valence-electron chi connectivity index (χ0n) is 8.79. The molecule has 0 aliphatic carbocycles. The topological polar surface area (TPSA) is 71.0 Å². The van der Waals surface area contributed by atoms with E-state index in [1.54, 1.807) is 20.2 Å². The van der Waals surface area contributed by atoms with Crippen LogP contribution in [0.2, 0.25) is 0 Å². The van der Waals surface area contributed by atoms with Crippen LogP contribution in [-0.4, -0.2) is 27.8 Å². The average molecular weight is 227 g/mol. The van der Waals surface area contributed by atoms with Crippen LogP contribution < -0.4 is 16.2 Å². The van der Waals surface area contributed by atoms with Crippen molar-refractivity contribution in [1.29, 1.82) is 0 Å². The third kappa shape index (κ3) is 2.91. The fourth-order valence-corrected chi connectivity index (χ4v) is 1.11. The number of hydrogen-bond donors (Lipinski definition) is 3. The second-order valence-corrected chi connectivity index (χ2v) is 3.36. The molecule has 0 atom stereocenters. The molecule has 82 valence electrons. The van der Waals surface area contributed by atoms with E-state index in [0.717, 1.165) is 5.69 Å². The quantitative estimate of drug-likeness (QED) is 0.444. The van der Waals surface area contributed by atoms with E-state index in [1.165, 1.54) is 4.68 Å². The first-order chi connectivity index (χ1) is 7.04. The molecule has 0 unspecified atom stereocenters. The molecule has 1 aromatic heterocycles. The van der Waals surface area contributed by atoms with E-state index in [9.17, 15) is 4.79 Å². The number of aromatic nitrogens is 2. The van der Waals surface area contributed by atoms with Gasteiger partial charge in [0, 0.05) is 14.1 Å². The number of carbonyl (C=O) groups excluding carboxylic acids is 1. The Bertz CT molecular complexity index is 386. The van der Waals surface area contributed by atoms with E-state index in [-0.39, 0.29) is 5.91 Å². The maximum atomic E-state index is 11.6. The van der Waals surface area contributed by atoms with E-state index in [4.69, 9.17) is 12.2 Å². The van der Waals surface area contributed by atoms with Crippen LogP contribution in [0.3, 0.4) is 0 Å². The molecular formula is C8H13N5OS. The van der Waals surface area contributed by atoms with Crippen molar-refractivity contribution < 1.29 is 4.79 Å². The van der Waals surface area contributed by atoms with Gasteiger partial charge in [-0.1, -0.05) is 0 Å². The van der Waals surface area contributed by atoms with Crippen LogP contribution in [0.25, 0.3) is 0 Å². The second kappa shape index (κ2) is 4.74. The number of thiocarbonyl (C=S) groups is 1. The maximum Gasteiger partial charge on any atom is 0.287 e. The molecule has 0 aliphatic heterocycles. The Morgan fingerprint density at radius 2 is 2.20 bits per heavy atom. The molecule has 0 spiro atoms. The Hall–Kier alpha value is -1.63. The molecule has 0 saturated heterocycles. The summed E-state index contributed by atoms with van der Waals surface area (Å²) >= 11 is 4.80. The van der Waals surface area contributed by atoms with Gasteiger partial charge in [0.1, 0.15) is 5.69 Å². The van der Waals surface area contributed by atoms with Crippen LogP contribution in [0, 0.1) is 6.92 Å². The summed E-state index contributed by atoms with van der Waals surface area (Å²) in [4.78, 5) is 11.6. The molecule has 7 heteroatoms. The number of carbonyl (C=O) groups is 1. The van der Waals surface area contributed by atoms with Crippen LogP contribution in [0.15, 0.2) is 6.07 Å². The van der Waals surface area contributed by atoms with E-state index in [1.807, 2.05) is 6.92 Å². The number of hydrazine groups is 1. The third-order valence-electron chi connectivity index (χ3n) is 1.75. The molecule has 0 aromatic carbocycles. The fourth-order valence-electron chi connectivity index (χ4n) is 1.06. The molecule has 0 radical (unpaired) electrons. The largest absolute Gasteiger partial charge is 0.364 e. The van der Waals surface area contributed by atoms with Crippen molar-refractivity contribution >= 4 is 23.2 Å². The van der Waals surface area contributed by atoms with Gasteiger partial charge in [0.2, 0.25) is 0 Å². The van der Waals surface area contributed by atoms with Crippen molar-refractivity contribution in [2.45, 2.75) is 6.92 Å². The predicted molar refractivity (Wildman–Crippen MR) is 60.2 cm³/mol. The van der Waals surface area contributed by atoms with Crippen LogP contribution >= 0.6 is 12.2 Å². The van der Waals surface area contributed by atoms with Gasteiger partial charge in [-0.05, 0) is 25.2 Å². The molecule has 3 N–H and O–H groups in total. The fraction of sp³-hybridized carbons (Fsp3) is 0.375. The van der Waals surface area contributed by atoms with Crippen molar-refractivity contribution in [2.75, 3.05) is 7.05 Å². The smallest absolute Gasteiger partial charge is 0.287 e. The molecule has 1 rings (SSSR count). The SMILES string of the molecule is CNC(=S)NNC(=O)c1cc(C)nn1C. The lowest BCUT2D eigenvalue weighted by atomic mass is 10.3. The van der Waals surface area contributed by atoms with Gasteiger partial charge in [-0.15, -0.1) is 0 Å². The summed E-state index contributed by atoms with van der Waals surface area (Å²) in [5, 5.41) is 7.08. The highest BCUT2D eigenvalue weighted by atomic mass is 32.1. The highest BCUT2D eigenvalue weighted by molar-refractivity contribution is 7.80. The van der Waals surface area contributed by atoms with Crippen molar-refractivity contribution in [3.05, 3.63) is 17.5 Å². The summed E-state index contributed by atoms with van der Waals surface area (Å²) < 4.78 is 1.51. The highest BCUT2D eigenvalue weighted by Crippen LogP contribution is 2.00. The number of amides is 1. The predicted octanol–water partition coefficient (Wildman–Crippen LogP) is -0.533. The molecule has 0 saturated carbocycles. The first kappa shape index (κ1) is 11.4. The van der Waals surface area contributed by atoms with E-state index in [0.29, 0.717) is 10.8 Å². The average Bonchev–Trinajstić information content (AvgIpc) is 2.53. The summed E-state index contributed by atoms with van der Waals surface area (Å²) in [5.41, 5.74) is 6.26. The summed E-state index contributed by atoms with van der Waals surface area (Å²) in [6, 6.07) is 1.69. The lowest BCUT2D eigenvalue weighted by Crippen LogP contribution is -2.46. The first-order valence-electron chi connectivity index (χ1n) is 4.33. The van der Waals surface area contributed by atoms with Crippen molar-refractivity contribution in [3.8, 4) is 0 Å². The van der Waals surface area contributed by atoms with Crippen LogP contribution in [0.5, 0.6) is 0 Å². The molecular weight excluding hydrogens is 214 g/mol. The van der Waals surface area contributed by atoms with Crippen LogP contribution in [0.4, 0.5) is 0 Å². The molecule has 0 bridgehead atoms. The zero-order valence-corrected chi connectivity index (χ0v) is 9.60. The molecule has 0 fully saturated rings. The number of aryl methyl sites for hydroxylation is 2. The molecule has 1 aromatic rings. The van der Waals surface area contributed by atoms with Crippen molar-refractivity contribution in [2.24, 2.45) is 7.05 Å². The molecule has 1 amide bonds. The van der Waals surface area contributed by atoms with Gasteiger partial charge in [0.15, 0.2) is 5.11 Å². The standard InChI is InChI=1S/C8H13N5OS/c1-5-4-6(13(3)12-5)7(14)10-11-8(15)9-2/h4H,1-3H3,(H,10,14)(H2,9,11,15). The van der Waals surface area contributed by atoms with E-state index in [2.05, 4.69) is 21.3 Å². The van der Waals surface area contributed by atoms with Gasteiger partial charge in [-0.2, -0.15) is 5.10 Å². The number of hydrogen-bond acceptors (Lipinski definition) is 3. The minimum Gasteiger partial charge on any atom is -0.364 e. The lowest BCUT2D eigenvalue weighted by Gasteiger charge is -2.08. The van der Waals surface area contributed by atoms with Gasteiger partial charge >= 0.3 is 0 Å². The monoisotopic (exact) mass is 227 g/mol. The zero-order chi connectivity index (χ0) is 11.4. The van der Waals surface area contributed by atoms with Gasteiger partial charge in [0.25, 0.3) is 5.91 Å². The minimum absolute atomic E-state index is 0.282. The number of nitrogens with zero attached hydrogens (tertiary/aromatic N) is 2. The summed E-state index contributed by atoms with van der Waals surface area (Å²) in [7, 11) is 3.37. The Kier molecular flexibility index (Phi) is 3.62.